The van der Waals surface area contributed by atoms with Gasteiger partial charge in [0, 0.05) is 17.5 Å². The van der Waals surface area contributed by atoms with Gasteiger partial charge in [-0.3, -0.25) is 4.79 Å². The molecule has 6 nitrogen and oxygen atoms in total. The highest BCUT2D eigenvalue weighted by Gasteiger charge is 2.49. The summed E-state index contributed by atoms with van der Waals surface area (Å²) in [6.45, 7) is 5.78. The first-order chi connectivity index (χ1) is 16.0. The van der Waals surface area contributed by atoms with E-state index in [1.165, 1.54) is 17.0 Å². The molecule has 2 heterocycles. The van der Waals surface area contributed by atoms with Crippen LogP contribution in [0.25, 0.3) is 10.8 Å². The Kier molecular flexibility index (Phi) is 4.91. The average molecular weight is 479 g/mol. The number of sulfonamides is 1. The number of amides is 1. The number of nitrogens with zero attached hydrogens (tertiary/aromatic N) is 2. The topological polar surface area (TPSA) is 87.0 Å². The zero-order valence-corrected chi connectivity index (χ0v) is 19.7. The Labute approximate surface area is 197 Å². The number of aliphatic hydroxyl groups excluding tert-OH is 1. The molecule has 0 spiro atoms. The maximum Gasteiger partial charge on any atom is 0.284 e. The van der Waals surface area contributed by atoms with Crippen molar-refractivity contribution in [1.29, 1.82) is 0 Å². The molecule has 1 amide bonds. The zero-order chi connectivity index (χ0) is 24.4. The molecule has 34 heavy (non-hydrogen) atoms. The van der Waals surface area contributed by atoms with Crippen molar-refractivity contribution < 1.29 is 22.7 Å². The number of rotatable bonds is 3. The summed E-state index contributed by atoms with van der Waals surface area (Å²) in [5.74, 6) is -1.12. The quantitative estimate of drug-likeness (QED) is 0.589. The van der Waals surface area contributed by atoms with E-state index in [1.807, 2.05) is 26.8 Å². The maximum atomic E-state index is 13.7. The molecule has 3 aromatic carbocycles. The van der Waals surface area contributed by atoms with Gasteiger partial charge in [-0.05, 0) is 28.5 Å². The van der Waals surface area contributed by atoms with E-state index in [1.54, 1.807) is 42.5 Å². The van der Waals surface area contributed by atoms with E-state index in [0.29, 0.717) is 16.5 Å². The largest absolute Gasteiger partial charge is 0.509 e. The molecular formula is C26H23FN2O4S. The monoisotopic (exact) mass is 478 g/mol. The molecule has 1 unspecified atom stereocenters. The molecule has 0 radical (unpaired) electrons. The van der Waals surface area contributed by atoms with Crippen molar-refractivity contribution in [2.24, 2.45) is 9.81 Å². The van der Waals surface area contributed by atoms with Crippen molar-refractivity contribution >= 4 is 32.4 Å². The number of hydrogen-bond donors (Lipinski definition) is 1. The normalized spacial score (nSPS) is 19.6. The van der Waals surface area contributed by atoms with Gasteiger partial charge < -0.3 is 10.0 Å². The van der Waals surface area contributed by atoms with Gasteiger partial charge >= 0.3 is 0 Å². The van der Waals surface area contributed by atoms with Crippen LogP contribution < -0.4 is 0 Å². The van der Waals surface area contributed by atoms with Crippen molar-refractivity contribution in [1.82, 2.24) is 4.90 Å². The molecule has 5 rings (SSSR count). The summed E-state index contributed by atoms with van der Waals surface area (Å²) in [7, 11) is -4.07. The molecule has 0 aromatic heterocycles. The SMILES string of the molecule is CC(C)(C)C1C(O)=C(C2=NS(=O)(=O)c3c2ccc2ccccc32)C(=O)N1Cc1ccc(F)cc1. The summed E-state index contributed by atoms with van der Waals surface area (Å²) in [4.78, 5) is 15.2. The smallest absolute Gasteiger partial charge is 0.284 e. The fourth-order valence-electron chi connectivity index (χ4n) is 4.81. The van der Waals surface area contributed by atoms with Crippen LogP contribution in [0.4, 0.5) is 4.39 Å². The number of hydrogen-bond acceptors (Lipinski definition) is 4. The van der Waals surface area contributed by atoms with Crippen LogP contribution in [0.2, 0.25) is 0 Å². The number of carbonyl (C=O) groups excluding carboxylic acids is 1. The van der Waals surface area contributed by atoms with Gasteiger partial charge in [-0.2, -0.15) is 12.8 Å². The third kappa shape index (κ3) is 3.40. The molecule has 174 valence electrons. The Morgan fingerprint density at radius 3 is 2.38 bits per heavy atom. The number of aliphatic hydroxyl groups is 1. The molecule has 0 aliphatic carbocycles. The lowest BCUT2D eigenvalue weighted by molar-refractivity contribution is -0.129. The van der Waals surface area contributed by atoms with E-state index in [9.17, 15) is 22.7 Å². The lowest BCUT2D eigenvalue weighted by Gasteiger charge is -2.35. The van der Waals surface area contributed by atoms with Gasteiger partial charge in [0.1, 0.15) is 27.8 Å². The highest BCUT2D eigenvalue weighted by Crippen LogP contribution is 2.42. The third-order valence-corrected chi connectivity index (χ3v) is 7.61. The van der Waals surface area contributed by atoms with E-state index < -0.39 is 27.4 Å². The van der Waals surface area contributed by atoms with Gasteiger partial charge in [-0.25, -0.2) is 4.39 Å². The predicted octanol–water partition coefficient (Wildman–Crippen LogP) is 4.74. The minimum atomic E-state index is -4.07. The van der Waals surface area contributed by atoms with Gasteiger partial charge in [-0.1, -0.05) is 69.3 Å². The first-order valence-corrected chi connectivity index (χ1v) is 12.3. The van der Waals surface area contributed by atoms with Crippen LogP contribution in [0.5, 0.6) is 0 Å². The molecular weight excluding hydrogens is 455 g/mol. The van der Waals surface area contributed by atoms with E-state index in [0.717, 1.165) is 5.39 Å². The fraction of sp³-hybridized carbons (Fsp3) is 0.231. The van der Waals surface area contributed by atoms with Crippen molar-refractivity contribution in [3.8, 4) is 0 Å². The molecule has 0 bridgehead atoms. The summed E-state index contributed by atoms with van der Waals surface area (Å²) < 4.78 is 43.5. The van der Waals surface area contributed by atoms with Gasteiger partial charge in [0.05, 0.1) is 6.04 Å². The van der Waals surface area contributed by atoms with E-state index in [2.05, 4.69) is 4.40 Å². The average Bonchev–Trinajstić information content (AvgIpc) is 3.18. The molecule has 1 atom stereocenters. The zero-order valence-electron chi connectivity index (χ0n) is 18.9. The van der Waals surface area contributed by atoms with Crippen LogP contribution in [-0.2, 0) is 21.4 Å². The molecule has 8 heteroatoms. The van der Waals surface area contributed by atoms with E-state index >= 15 is 0 Å². The standard InChI is InChI=1S/C26H23FN2O4S/c1-26(2,3)24-22(30)20(25(31)29(24)14-15-8-11-17(27)12-9-15)21-19-13-10-16-6-4-5-7-18(16)23(19)34(32,33)28-21/h4-13,24,30H,14H2,1-3H3. The van der Waals surface area contributed by atoms with Crippen molar-refractivity contribution in [2.75, 3.05) is 0 Å². The summed E-state index contributed by atoms with van der Waals surface area (Å²) >= 11 is 0. The van der Waals surface area contributed by atoms with Gasteiger partial charge in [0.15, 0.2) is 0 Å². The molecule has 2 aliphatic rings. The minimum Gasteiger partial charge on any atom is -0.509 e. The van der Waals surface area contributed by atoms with E-state index in [4.69, 9.17) is 0 Å². The molecule has 1 N–H and O–H groups in total. The second-order valence-corrected chi connectivity index (χ2v) is 11.2. The highest BCUT2D eigenvalue weighted by atomic mass is 32.2. The Morgan fingerprint density at radius 1 is 1.03 bits per heavy atom. The molecule has 0 saturated carbocycles. The first-order valence-electron chi connectivity index (χ1n) is 10.8. The van der Waals surface area contributed by atoms with Crippen molar-refractivity contribution in [2.45, 2.75) is 38.3 Å². The molecule has 3 aromatic rings. The Bertz CT molecular complexity index is 1520. The van der Waals surface area contributed by atoms with Crippen LogP contribution in [0.3, 0.4) is 0 Å². The summed E-state index contributed by atoms with van der Waals surface area (Å²) in [6.07, 6.45) is 0. The molecule has 2 aliphatic heterocycles. The Morgan fingerprint density at radius 2 is 1.71 bits per heavy atom. The number of carbonyl (C=O) groups is 1. The summed E-state index contributed by atoms with van der Waals surface area (Å²) in [6, 6.07) is 15.5. The fourth-order valence-corrected chi connectivity index (χ4v) is 6.24. The summed E-state index contributed by atoms with van der Waals surface area (Å²) in [5, 5.41) is 12.6. The van der Waals surface area contributed by atoms with Crippen LogP contribution in [0.15, 0.2) is 81.3 Å². The van der Waals surface area contributed by atoms with Crippen molar-refractivity contribution in [3.63, 3.8) is 0 Å². The van der Waals surface area contributed by atoms with Crippen molar-refractivity contribution in [3.05, 3.63) is 88.9 Å². The lowest BCUT2D eigenvalue weighted by atomic mass is 9.84. The molecule has 0 saturated heterocycles. The third-order valence-electron chi connectivity index (χ3n) is 6.23. The first kappa shape index (κ1) is 22.3. The number of halogens is 1. The second-order valence-electron chi connectivity index (χ2n) is 9.67. The molecule has 0 fully saturated rings. The second kappa shape index (κ2) is 7.50. The highest BCUT2D eigenvalue weighted by molar-refractivity contribution is 7.91. The van der Waals surface area contributed by atoms with Crippen LogP contribution >= 0.6 is 0 Å². The number of benzene rings is 3. The van der Waals surface area contributed by atoms with E-state index in [-0.39, 0.29) is 34.3 Å². The number of fused-ring (bicyclic) bond motifs is 3. The summed E-state index contributed by atoms with van der Waals surface area (Å²) in [5.41, 5.74) is 0.264. The minimum absolute atomic E-state index is 0.0398. The van der Waals surface area contributed by atoms with Crippen LogP contribution in [-0.4, -0.2) is 36.1 Å². The lowest BCUT2D eigenvalue weighted by Crippen LogP contribution is -2.43. The van der Waals surface area contributed by atoms with Gasteiger partial charge in [-0.15, -0.1) is 0 Å². The van der Waals surface area contributed by atoms with Crippen LogP contribution in [0.1, 0.15) is 31.9 Å². The maximum absolute atomic E-state index is 13.7. The predicted molar refractivity (Wildman–Crippen MR) is 128 cm³/mol. The Hall–Kier alpha value is -3.52. The van der Waals surface area contributed by atoms with Gasteiger partial charge in [0.2, 0.25) is 0 Å². The van der Waals surface area contributed by atoms with Crippen LogP contribution in [0, 0.1) is 11.2 Å². The van der Waals surface area contributed by atoms with Gasteiger partial charge in [0.25, 0.3) is 15.9 Å². The Balaban J connectivity index is 1.65.